The zero-order valence-electron chi connectivity index (χ0n) is 18.9. The van der Waals surface area contributed by atoms with E-state index in [1.807, 2.05) is 28.3 Å². The van der Waals surface area contributed by atoms with Gasteiger partial charge in [-0.3, -0.25) is 14.5 Å². The molecule has 7 nitrogen and oxygen atoms in total. The average Bonchev–Trinajstić information content (AvgIpc) is 3.38. The zero-order valence-corrected chi connectivity index (χ0v) is 18.9. The third-order valence-electron chi connectivity index (χ3n) is 6.55. The molecule has 1 fully saturated rings. The van der Waals surface area contributed by atoms with E-state index < -0.39 is 0 Å². The molecule has 2 heterocycles. The standard InChI is InChI=1S/C24H33N5O2/c1-4-27(5-2)22(30)17-26-13-15-28(16-14-26)24(31)23-20-7-6-8-21(20)29(25-23)19-11-9-18(3)10-12-19/h9-12H,4-8,13-17H2,1-3H3. The second-order valence-electron chi connectivity index (χ2n) is 8.51. The summed E-state index contributed by atoms with van der Waals surface area (Å²) in [6.45, 7) is 10.7. The van der Waals surface area contributed by atoms with Gasteiger partial charge in [0.1, 0.15) is 0 Å². The number of amides is 2. The van der Waals surface area contributed by atoms with Crippen molar-refractivity contribution in [1.29, 1.82) is 0 Å². The largest absolute Gasteiger partial charge is 0.342 e. The lowest BCUT2D eigenvalue weighted by atomic mass is 10.1. The molecule has 0 radical (unpaired) electrons. The van der Waals surface area contributed by atoms with Crippen molar-refractivity contribution in [1.82, 2.24) is 24.5 Å². The first-order valence-electron chi connectivity index (χ1n) is 11.5. The number of benzene rings is 1. The molecule has 1 saturated heterocycles. The lowest BCUT2D eigenvalue weighted by Gasteiger charge is -2.35. The SMILES string of the molecule is CCN(CC)C(=O)CN1CCN(C(=O)c2nn(-c3ccc(C)cc3)c3c2CCC3)CC1. The Morgan fingerprint density at radius 2 is 1.68 bits per heavy atom. The van der Waals surface area contributed by atoms with Crippen LogP contribution >= 0.6 is 0 Å². The molecule has 0 spiro atoms. The van der Waals surface area contributed by atoms with Crippen LogP contribution < -0.4 is 0 Å². The predicted molar refractivity (Wildman–Crippen MR) is 121 cm³/mol. The molecule has 7 heteroatoms. The molecule has 0 unspecified atom stereocenters. The summed E-state index contributed by atoms with van der Waals surface area (Å²) in [7, 11) is 0. The summed E-state index contributed by atoms with van der Waals surface area (Å²) < 4.78 is 1.97. The Morgan fingerprint density at radius 3 is 2.32 bits per heavy atom. The molecule has 31 heavy (non-hydrogen) atoms. The van der Waals surface area contributed by atoms with Gasteiger partial charge in [-0.1, -0.05) is 17.7 Å². The summed E-state index contributed by atoms with van der Waals surface area (Å²) in [5, 5.41) is 4.77. The number of nitrogens with zero attached hydrogens (tertiary/aromatic N) is 5. The van der Waals surface area contributed by atoms with Crippen LogP contribution in [0, 0.1) is 6.92 Å². The van der Waals surface area contributed by atoms with Crippen molar-refractivity contribution < 1.29 is 9.59 Å². The highest BCUT2D eigenvalue weighted by atomic mass is 16.2. The minimum absolute atomic E-state index is 0.0266. The topological polar surface area (TPSA) is 61.7 Å². The third kappa shape index (κ3) is 4.37. The lowest BCUT2D eigenvalue weighted by molar-refractivity contribution is -0.132. The number of hydrogen-bond donors (Lipinski definition) is 0. The van der Waals surface area contributed by atoms with E-state index in [9.17, 15) is 9.59 Å². The van der Waals surface area contributed by atoms with E-state index in [1.165, 1.54) is 11.3 Å². The van der Waals surface area contributed by atoms with Crippen molar-refractivity contribution in [3.63, 3.8) is 0 Å². The smallest absolute Gasteiger partial charge is 0.274 e. The number of fused-ring (bicyclic) bond motifs is 1. The minimum Gasteiger partial charge on any atom is -0.342 e. The van der Waals surface area contributed by atoms with Crippen molar-refractivity contribution in [3.05, 3.63) is 46.8 Å². The number of carbonyl (C=O) groups excluding carboxylic acids is 2. The number of hydrogen-bond acceptors (Lipinski definition) is 4. The predicted octanol–water partition coefficient (Wildman–Crippen LogP) is 2.30. The first-order chi connectivity index (χ1) is 15.0. The number of rotatable bonds is 6. The Hall–Kier alpha value is -2.67. The molecule has 0 bridgehead atoms. The summed E-state index contributed by atoms with van der Waals surface area (Å²) in [6, 6.07) is 8.30. The molecule has 1 aromatic carbocycles. The fourth-order valence-electron chi connectivity index (χ4n) is 4.64. The van der Waals surface area contributed by atoms with Crippen molar-refractivity contribution in [2.45, 2.75) is 40.0 Å². The Labute approximate surface area is 184 Å². The van der Waals surface area contributed by atoms with Crippen molar-refractivity contribution in [3.8, 4) is 5.69 Å². The second-order valence-corrected chi connectivity index (χ2v) is 8.51. The van der Waals surface area contributed by atoms with Gasteiger partial charge in [0.05, 0.1) is 12.2 Å². The molecule has 2 aromatic rings. The molecular formula is C24H33N5O2. The molecule has 1 aliphatic heterocycles. The monoisotopic (exact) mass is 423 g/mol. The van der Waals surface area contributed by atoms with Gasteiger partial charge < -0.3 is 9.80 Å². The highest BCUT2D eigenvalue weighted by molar-refractivity contribution is 5.94. The molecule has 2 aliphatic rings. The maximum atomic E-state index is 13.3. The van der Waals surface area contributed by atoms with Crippen LogP contribution in [0.5, 0.6) is 0 Å². The van der Waals surface area contributed by atoms with E-state index in [0.717, 1.165) is 56.7 Å². The first-order valence-corrected chi connectivity index (χ1v) is 11.5. The number of aromatic nitrogens is 2. The minimum atomic E-state index is 0.0266. The number of carbonyl (C=O) groups is 2. The van der Waals surface area contributed by atoms with Gasteiger partial charge in [0.15, 0.2) is 5.69 Å². The second kappa shape index (κ2) is 9.22. The van der Waals surface area contributed by atoms with Gasteiger partial charge in [-0.05, 0) is 52.2 Å². The summed E-state index contributed by atoms with van der Waals surface area (Å²) in [5.74, 6) is 0.193. The fourth-order valence-corrected chi connectivity index (χ4v) is 4.64. The molecule has 2 amide bonds. The average molecular weight is 424 g/mol. The third-order valence-corrected chi connectivity index (χ3v) is 6.55. The van der Waals surface area contributed by atoms with Crippen LogP contribution in [-0.4, -0.2) is 82.1 Å². The van der Waals surface area contributed by atoms with Crippen molar-refractivity contribution in [2.24, 2.45) is 0 Å². The maximum absolute atomic E-state index is 13.3. The molecule has 1 aliphatic carbocycles. The number of piperazine rings is 1. The van der Waals surface area contributed by atoms with Gasteiger partial charge in [-0.2, -0.15) is 5.10 Å². The summed E-state index contributed by atoms with van der Waals surface area (Å²) >= 11 is 0. The summed E-state index contributed by atoms with van der Waals surface area (Å²) in [4.78, 5) is 31.6. The van der Waals surface area contributed by atoms with Crippen LogP contribution in [0.4, 0.5) is 0 Å². The molecule has 0 saturated carbocycles. The normalized spacial score (nSPS) is 16.4. The van der Waals surface area contributed by atoms with Crippen LogP contribution in [-0.2, 0) is 17.6 Å². The molecule has 0 atom stereocenters. The van der Waals surface area contributed by atoms with Gasteiger partial charge in [0.25, 0.3) is 5.91 Å². The Morgan fingerprint density at radius 1 is 1.00 bits per heavy atom. The number of likely N-dealkylation sites (N-methyl/N-ethyl adjacent to an activating group) is 1. The highest BCUT2D eigenvalue weighted by Crippen LogP contribution is 2.29. The first kappa shape index (κ1) is 21.6. The summed E-state index contributed by atoms with van der Waals surface area (Å²) in [5.41, 5.74) is 5.13. The Kier molecular flexibility index (Phi) is 6.41. The van der Waals surface area contributed by atoms with Crippen LogP contribution in [0.1, 0.15) is 47.6 Å². The van der Waals surface area contributed by atoms with Gasteiger partial charge in [-0.15, -0.1) is 0 Å². The van der Waals surface area contributed by atoms with E-state index in [-0.39, 0.29) is 11.8 Å². The fraction of sp³-hybridized carbons (Fsp3) is 0.542. The van der Waals surface area contributed by atoms with E-state index in [2.05, 4.69) is 36.1 Å². The molecule has 4 rings (SSSR count). The van der Waals surface area contributed by atoms with Gasteiger partial charge in [0.2, 0.25) is 5.91 Å². The van der Waals surface area contributed by atoms with E-state index in [4.69, 9.17) is 5.10 Å². The quantitative estimate of drug-likeness (QED) is 0.715. The molecule has 0 N–H and O–H groups in total. The highest BCUT2D eigenvalue weighted by Gasteiger charge is 2.31. The van der Waals surface area contributed by atoms with Gasteiger partial charge >= 0.3 is 0 Å². The van der Waals surface area contributed by atoms with Crippen LogP contribution in [0.15, 0.2) is 24.3 Å². The van der Waals surface area contributed by atoms with Crippen LogP contribution in [0.3, 0.4) is 0 Å². The summed E-state index contributed by atoms with van der Waals surface area (Å²) in [6.07, 6.45) is 2.95. The molecular weight excluding hydrogens is 390 g/mol. The zero-order chi connectivity index (χ0) is 22.0. The van der Waals surface area contributed by atoms with Crippen LogP contribution in [0.2, 0.25) is 0 Å². The van der Waals surface area contributed by atoms with E-state index in [1.54, 1.807) is 0 Å². The maximum Gasteiger partial charge on any atom is 0.274 e. The van der Waals surface area contributed by atoms with E-state index >= 15 is 0 Å². The number of aryl methyl sites for hydroxylation is 1. The molecule has 166 valence electrons. The van der Waals surface area contributed by atoms with Crippen molar-refractivity contribution in [2.75, 3.05) is 45.8 Å². The van der Waals surface area contributed by atoms with Crippen molar-refractivity contribution >= 4 is 11.8 Å². The van der Waals surface area contributed by atoms with Gasteiger partial charge in [0, 0.05) is 50.5 Å². The van der Waals surface area contributed by atoms with Gasteiger partial charge in [-0.25, -0.2) is 4.68 Å². The lowest BCUT2D eigenvalue weighted by Crippen LogP contribution is -2.51. The Bertz CT molecular complexity index is 938. The Balaban J connectivity index is 1.45. The van der Waals surface area contributed by atoms with E-state index in [0.29, 0.717) is 25.3 Å². The van der Waals surface area contributed by atoms with Crippen LogP contribution in [0.25, 0.3) is 5.69 Å². The molecule has 1 aromatic heterocycles.